The number of rotatable bonds is 3. The minimum atomic E-state index is -0.0758. The van der Waals surface area contributed by atoms with E-state index in [1.165, 1.54) is 0 Å². The highest BCUT2D eigenvalue weighted by atomic mass is 35.5. The Labute approximate surface area is 123 Å². The topological polar surface area (TPSA) is 69.8 Å². The zero-order valence-corrected chi connectivity index (χ0v) is 12.1. The van der Waals surface area contributed by atoms with Gasteiger partial charge in [-0.25, -0.2) is 0 Å². The molecule has 20 heavy (non-hydrogen) atoms. The third-order valence-electron chi connectivity index (χ3n) is 3.55. The van der Waals surface area contributed by atoms with E-state index in [1.807, 2.05) is 0 Å². The molecule has 0 bridgehead atoms. The summed E-state index contributed by atoms with van der Waals surface area (Å²) in [5, 5.41) is 9.30. The number of carbonyl (C=O) groups is 1. The average Bonchev–Trinajstić information content (AvgIpc) is 2.67. The molecule has 1 fully saturated rings. The first-order chi connectivity index (χ1) is 9.63. The second kappa shape index (κ2) is 6.92. The number of benzene rings is 1. The van der Waals surface area contributed by atoms with Gasteiger partial charge >= 0.3 is 0 Å². The third-order valence-corrected chi connectivity index (χ3v) is 3.97. The van der Waals surface area contributed by atoms with Crippen LogP contribution in [0.2, 0.25) is 5.02 Å². The van der Waals surface area contributed by atoms with Crippen LogP contribution in [-0.2, 0) is 0 Å². The van der Waals surface area contributed by atoms with Crippen LogP contribution in [0.5, 0.6) is 0 Å². The summed E-state index contributed by atoms with van der Waals surface area (Å²) in [4.78, 5) is 16.5. The Morgan fingerprint density at radius 3 is 2.85 bits per heavy atom. The number of halogens is 1. The molecule has 0 aliphatic carbocycles. The number of anilines is 1. The summed E-state index contributed by atoms with van der Waals surface area (Å²) in [6.45, 7) is 3.81. The first-order valence-corrected chi connectivity index (χ1v) is 7.17. The fraction of sp³-hybridized carbons (Fsp3) is 0.500. The van der Waals surface area contributed by atoms with Crippen molar-refractivity contribution in [1.29, 1.82) is 0 Å². The lowest BCUT2D eigenvalue weighted by Crippen LogP contribution is -2.36. The highest BCUT2D eigenvalue weighted by molar-refractivity contribution is 6.36. The van der Waals surface area contributed by atoms with E-state index in [1.54, 1.807) is 23.1 Å². The van der Waals surface area contributed by atoms with Crippen molar-refractivity contribution in [3.63, 3.8) is 0 Å². The van der Waals surface area contributed by atoms with E-state index in [4.69, 9.17) is 22.4 Å². The molecule has 0 atom stereocenters. The van der Waals surface area contributed by atoms with Crippen molar-refractivity contribution in [2.75, 3.05) is 45.1 Å². The summed E-state index contributed by atoms with van der Waals surface area (Å²) >= 11 is 6.11. The maximum Gasteiger partial charge on any atom is 0.255 e. The SMILES string of the molecule is Nc1cccc(C(=O)N2CCCN(CCO)CC2)c1Cl. The first kappa shape index (κ1) is 15.1. The van der Waals surface area contributed by atoms with E-state index >= 15 is 0 Å². The molecule has 0 aromatic heterocycles. The molecule has 0 spiro atoms. The van der Waals surface area contributed by atoms with Crippen LogP contribution in [0.4, 0.5) is 5.69 Å². The Hall–Kier alpha value is -1.30. The molecule has 110 valence electrons. The average molecular weight is 298 g/mol. The molecule has 0 radical (unpaired) electrons. The summed E-state index contributed by atoms with van der Waals surface area (Å²) in [5.41, 5.74) is 6.63. The Morgan fingerprint density at radius 1 is 1.30 bits per heavy atom. The van der Waals surface area contributed by atoms with Crippen molar-refractivity contribution >= 4 is 23.2 Å². The fourth-order valence-corrected chi connectivity index (χ4v) is 2.63. The van der Waals surface area contributed by atoms with Crippen LogP contribution in [-0.4, -0.2) is 60.1 Å². The van der Waals surface area contributed by atoms with Gasteiger partial charge in [0.25, 0.3) is 5.91 Å². The molecule has 1 aromatic rings. The molecular weight excluding hydrogens is 278 g/mol. The minimum absolute atomic E-state index is 0.0758. The van der Waals surface area contributed by atoms with Gasteiger partial charge in [-0.05, 0) is 25.1 Å². The summed E-state index contributed by atoms with van der Waals surface area (Å²) < 4.78 is 0. The maximum atomic E-state index is 12.5. The second-order valence-electron chi connectivity index (χ2n) is 4.92. The molecule has 1 heterocycles. The van der Waals surface area contributed by atoms with Gasteiger partial charge in [0, 0.05) is 26.2 Å². The van der Waals surface area contributed by atoms with E-state index < -0.39 is 0 Å². The fourth-order valence-electron chi connectivity index (χ4n) is 2.42. The highest BCUT2D eigenvalue weighted by Crippen LogP contribution is 2.24. The smallest absolute Gasteiger partial charge is 0.255 e. The van der Waals surface area contributed by atoms with Gasteiger partial charge in [0.15, 0.2) is 0 Å². The van der Waals surface area contributed by atoms with Gasteiger partial charge in [0.1, 0.15) is 0 Å². The number of aliphatic hydroxyl groups is 1. The molecule has 6 heteroatoms. The lowest BCUT2D eigenvalue weighted by molar-refractivity contribution is 0.0760. The molecule has 1 amide bonds. The van der Waals surface area contributed by atoms with E-state index in [9.17, 15) is 4.79 Å². The van der Waals surface area contributed by atoms with Crippen LogP contribution in [0.25, 0.3) is 0 Å². The Kier molecular flexibility index (Phi) is 5.23. The number of aliphatic hydroxyl groups excluding tert-OH is 1. The normalized spacial score (nSPS) is 17.0. The van der Waals surface area contributed by atoms with Gasteiger partial charge in [-0.3, -0.25) is 9.69 Å². The molecule has 0 unspecified atom stereocenters. The van der Waals surface area contributed by atoms with Crippen LogP contribution in [0.3, 0.4) is 0 Å². The monoisotopic (exact) mass is 297 g/mol. The minimum Gasteiger partial charge on any atom is -0.398 e. The molecule has 1 aliphatic heterocycles. The molecule has 5 nitrogen and oxygen atoms in total. The zero-order chi connectivity index (χ0) is 14.5. The van der Waals surface area contributed by atoms with Gasteiger partial charge in [0.05, 0.1) is 22.9 Å². The van der Waals surface area contributed by atoms with Crippen molar-refractivity contribution in [1.82, 2.24) is 9.80 Å². The quantitative estimate of drug-likeness (QED) is 0.819. The van der Waals surface area contributed by atoms with E-state index in [0.29, 0.717) is 35.9 Å². The van der Waals surface area contributed by atoms with Crippen LogP contribution in [0, 0.1) is 0 Å². The first-order valence-electron chi connectivity index (χ1n) is 6.80. The lowest BCUT2D eigenvalue weighted by Gasteiger charge is -2.22. The molecule has 1 aliphatic rings. The van der Waals surface area contributed by atoms with Gasteiger partial charge in [0.2, 0.25) is 0 Å². The predicted octanol–water partition coefficient (Wildman–Crippen LogP) is 1.06. The molecule has 0 saturated carbocycles. The number of β-amino-alcohol motifs (C(OH)–C–C–N with tert-alkyl or cyclic N) is 1. The van der Waals surface area contributed by atoms with Crippen molar-refractivity contribution in [2.24, 2.45) is 0 Å². The van der Waals surface area contributed by atoms with Crippen LogP contribution in [0.1, 0.15) is 16.8 Å². The number of nitrogens with two attached hydrogens (primary N) is 1. The van der Waals surface area contributed by atoms with Gasteiger partial charge in [-0.2, -0.15) is 0 Å². The summed E-state index contributed by atoms with van der Waals surface area (Å²) in [5.74, 6) is -0.0758. The number of carbonyl (C=O) groups excluding carboxylic acids is 1. The second-order valence-corrected chi connectivity index (χ2v) is 5.30. The third kappa shape index (κ3) is 3.42. The van der Waals surface area contributed by atoms with Gasteiger partial charge in [-0.15, -0.1) is 0 Å². The summed E-state index contributed by atoms with van der Waals surface area (Å²) in [6, 6.07) is 5.13. The van der Waals surface area contributed by atoms with Gasteiger partial charge in [-0.1, -0.05) is 17.7 Å². The largest absolute Gasteiger partial charge is 0.398 e. The summed E-state index contributed by atoms with van der Waals surface area (Å²) in [6.07, 6.45) is 0.895. The number of hydrogen-bond donors (Lipinski definition) is 2. The molecular formula is C14H20ClN3O2. The molecule has 1 aromatic carbocycles. The lowest BCUT2D eigenvalue weighted by atomic mass is 10.1. The molecule has 2 rings (SSSR count). The number of nitrogens with zero attached hydrogens (tertiary/aromatic N) is 2. The van der Waals surface area contributed by atoms with E-state index in [0.717, 1.165) is 19.5 Å². The Morgan fingerprint density at radius 2 is 2.10 bits per heavy atom. The van der Waals surface area contributed by atoms with Crippen molar-refractivity contribution in [3.05, 3.63) is 28.8 Å². The van der Waals surface area contributed by atoms with E-state index in [2.05, 4.69) is 4.90 Å². The highest BCUT2D eigenvalue weighted by Gasteiger charge is 2.22. The predicted molar refractivity (Wildman–Crippen MR) is 79.9 cm³/mol. The Balaban J connectivity index is 2.07. The van der Waals surface area contributed by atoms with Crippen molar-refractivity contribution in [2.45, 2.75) is 6.42 Å². The number of amides is 1. The molecule has 1 saturated heterocycles. The van der Waals surface area contributed by atoms with Crippen molar-refractivity contribution in [3.8, 4) is 0 Å². The number of nitrogen functional groups attached to an aromatic ring is 1. The van der Waals surface area contributed by atoms with Gasteiger partial charge < -0.3 is 15.7 Å². The van der Waals surface area contributed by atoms with Crippen LogP contribution in [0.15, 0.2) is 18.2 Å². The summed E-state index contributed by atoms with van der Waals surface area (Å²) in [7, 11) is 0. The number of hydrogen-bond acceptors (Lipinski definition) is 4. The van der Waals surface area contributed by atoms with Crippen LogP contribution < -0.4 is 5.73 Å². The Bertz CT molecular complexity index is 481. The van der Waals surface area contributed by atoms with Crippen LogP contribution >= 0.6 is 11.6 Å². The molecule has 3 N–H and O–H groups in total. The zero-order valence-electron chi connectivity index (χ0n) is 11.4. The van der Waals surface area contributed by atoms with Crippen molar-refractivity contribution < 1.29 is 9.90 Å². The van der Waals surface area contributed by atoms with E-state index in [-0.39, 0.29) is 12.5 Å². The maximum absolute atomic E-state index is 12.5. The standard InChI is InChI=1S/C14H20ClN3O2/c15-13-11(3-1-4-12(13)16)14(20)18-6-2-5-17(7-8-18)9-10-19/h1,3-4,19H,2,5-10,16H2.